The van der Waals surface area contributed by atoms with Crippen molar-refractivity contribution in [2.75, 3.05) is 25.0 Å². The Labute approximate surface area is 160 Å². The van der Waals surface area contributed by atoms with E-state index in [2.05, 4.69) is 43.9 Å². The van der Waals surface area contributed by atoms with E-state index >= 15 is 0 Å². The highest BCUT2D eigenvalue weighted by molar-refractivity contribution is 7.18. The highest BCUT2D eigenvalue weighted by atomic mass is 32.1. The number of rotatable bonds is 5. The molecular weight excluding hydrogens is 344 g/mol. The average molecular weight is 375 g/mol. The summed E-state index contributed by atoms with van der Waals surface area (Å²) in [5, 5.41) is 5.87. The van der Waals surface area contributed by atoms with Crippen LogP contribution in [-0.2, 0) is 19.5 Å². The molecule has 3 rings (SSSR count). The monoisotopic (exact) mass is 374 g/mol. The van der Waals surface area contributed by atoms with E-state index in [0.717, 1.165) is 35.8 Å². The second kappa shape index (κ2) is 7.82. The van der Waals surface area contributed by atoms with Crippen LogP contribution in [0.2, 0.25) is 0 Å². The van der Waals surface area contributed by atoms with Crippen LogP contribution < -0.4 is 4.90 Å². The molecule has 0 radical (unpaired) electrons. The van der Waals surface area contributed by atoms with Crippen molar-refractivity contribution in [3.05, 3.63) is 33.5 Å². The van der Waals surface area contributed by atoms with E-state index in [4.69, 9.17) is 0 Å². The third-order valence-electron chi connectivity index (χ3n) is 5.38. The molecule has 0 unspecified atom stereocenters. The van der Waals surface area contributed by atoms with Gasteiger partial charge in [0.05, 0.1) is 15.6 Å². The van der Waals surface area contributed by atoms with Gasteiger partial charge >= 0.3 is 0 Å². The molecule has 0 spiro atoms. The van der Waals surface area contributed by atoms with Crippen LogP contribution >= 0.6 is 11.3 Å². The first-order chi connectivity index (χ1) is 12.5. The van der Waals surface area contributed by atoms with Gasteiger partial charge in [-0.15, -0.1) is 11.3 Å². The van der Waals surface area contributed by atoms with E-state index in [1.807, 2.05) is 16.5 Å². The molecule has 0 fully saturated rings. The van der Waals surface area contributed by atoms with E-state index in [1.165, 1.54) is 29.0 Å². The molecule has 26 heavy (non-hydrogen) atoms. The highest BCUT2D eigenvalue weighted by Gasteiger charge is 2.24. The summed E-state index contributed by atoms with van der Waals surface area (Å²) in [5.74, 6) is 0.141. The zero-order valence-corrected chi connectivity index (χ0v) is 17.4. The van der Waals surface area contributed by atoms with Crippen molar-refractivity contribution in [3.8, 4) is 0 Å². The molecule has 0 saturated heterocycles. The van der Waals surface area contributed by atoms with Gasteiger partial charge in [0.25, 0.3) is 5.91 Å². The predicted molar refractivity (Wildman–Crippen MR) is 108 cm³/mol. The predicted octanol–water partition coefficient (Wildman–Crippen LogP) is 4.02. The first-order valence-electron chi connectivity index (χ1n) is 9.62. The smallest absolute Gasteiger partial charge is 0.264 e. The summed E-state index contributed by atoms with van der Waals surface area (Å²) in [6.07, 6.45) is 3.51. The molecule has 0 N–H and O–H groups in total. The summed E-state index contributed by atoms with van der Waals surface area (Å²) in [4.78, 5) is 18.3. The maximum Gasteiger partial charge on any atom is 0.264 e. The van der Waals surface area contributed by atoms with E-state index < -0.39 is 0 Å². The van der Waals surface area contributed by atoms with Crippen LogP contribution in [0.15, 0.2) is 6.07 Å². The summed E-state index contributed by atoms with van der Waals surface area (Å²) in [7, 11) is 2.14. The molecule has 142 valence electrons. The molecule has 0 bridgehead atoms. The first kappa shape index (κ1) is 19.0. The Bertz CT molecular complexity index is 792. The molecule has 0 atom stereocenters. The van der Waals surface area contributed by atoms with Crippen LogP contribution in [0, 0.1) is 13.8 Å². The van der Waals surface area contributed by atoms with E-state index in [9.17, 15) is 4.79 Å². The van der Waals surface area contributed by atoms with Crippen LogP contribution in [0.3, 0.4) is 0 Å². The number of aromatic nitrogens is 2. The minimum Gasteiger partial charge on any atom is -0.366 e. The molecule has 2 aromatic rings. The van der Waals surface area contributed by atoms with E-state index in [-0.39, 0.29) is 5.91 Å². The van der Waals surface area contributed by atoms with Crippen molar-refractivity contribution >= 4 is 22.2 Å². The lowest BCUT2D eigenvalue weighted by molar-refractivity contribution is 0.0757. The summed E-state index contributed by atoms with van der Waals surface area (Å²) in [5.41, 5.74) is 4.70. The first-order valence-corrected chi connectivity index (χ1v) is 10.4. The molecular formula is C20H30N4OS. The number of carbonyl (C=O) groups is 1. The number of amides is 1. The van der Waals surface area contributed by atoms with Crippen molar-refractivity contribution in [1.29, 1.82) is 0 Å². The fourth-order valence-electron chi connectivity index (χ4n) is 3.74. The lowest BCUT2D eigenvalue weighted by Gasteiger charge is -2.21. The molecule has 0 aliphatic carbocycles. The Balaban J connectivity index is 1.84. The maximum absolute atomic E-state index is 13.2. The van der Waals surface area contributed by atoms with E-state index in [1.54, 1.807) is 11.3 Å². The standard InChI is InChI=1S/C20H30N4OS/c1-6-23(13-17-14(3)21-24(7-2)15(17)4)19(25)18-12-16-10-8-9-11-22(5)20(16)26-18/h12H,6-11,13H2,1-5H3. The number of fused-ring (bicyclic) bond motifs is 1. The zero-order valence-electron chi connectivity index (χ0n) is 16.6. The number of carbonyl (C=O) groups excluding carboxylic acids is 1. The summed E-state index contributed by atoms with van der Waals surface area (Å²) in [6.45, 7) is 11.6. The number of hydrogen-bond donors (Lipinski definition) is 0. The molecule has 0 saturated carbocycles. The SMILES string of the molecule is CCN(Cc1c(C)nn(CC)c1C)C(=O)c1cc2c(s1)N(C)CCCC2. The maximum atomic E-state index is 13.2. The van der Waals surface area contributed by atoms with Crippen LogP contribution in [0.1, 0.15) is 58.9 Å². The Hall–Kier alpha value is -1.82. The van der Waals surface area contributed by atoms with Crippen molar-refractivity contribution in [3.63, 3.8) is 0 Å². The van der Waals surface area contributed by atoms with Crippen molar-refractivity contribution in [2.45, 2.75) is 60.0 Å². The molecule has 2 aromatic heterocycles. The quantitative estimate of drug-likeness (QED) is 0.794. The van der Waals surface area contributed by atoms with Crippen molar-refractivity contribution < 1.29 is 4.79 Å². The van der Waals surface area contributed by atoms with Crippen LogP contribution in [0.25, 0.3) is 0 Å². The largest absolute Gasteiger partial charge is 0.366 e. The van der Waals surface area contributed by atoms with Crippen LogP contribution in [0.4, 0.5) is 5.00 Å². The van der Waals surface area contributed by atoms with E-state index in [0.29, 0.717) is 13.1 Å². The van der Waals surface area contributed by atoms with Gasteiger partial charge in [-0.1, -0.05) is 0 Å². The average Bonchev–Trinajstić information content (AvgIpc) is 3.12. The molecule has 6 heteroatoms. The summed E-state index contributed by atoms with van der Waals surface area (Å²) >= 11 is 1.65. The number of anilines is 1. The minimum absolute atomic E-state index is 0.141. The summed E-state index contributed by atoms with van der Waals surface area (Å²) < 4.78 is 2.02. The normalized spacial score (nSPS) is 14.3. The van der Waals surface area contributed by atoms with Crippen LogP contribution in [-0.4, -0.2) is 40.7 Å². The lowest BCUT2D eigenvalue weighted by atomic mass is 10.1. The Morgan fingerprint density at radius 2 is 2.08 bits per heavy atom. The van der Waals surface area contributed by atoms with Crippen LogP contribution in [0.5, 0.6) is 0 Å². The summed E-state index contributed by atoms with van der Waals surface area (Å²) in [6, 6.07) is 2.13. The van der Waals surface area contributed by atoms with Gasteiger partial charge in [-0.25, -0.2) is 0 Å². The molecule has 5 nitrogen and oxygen atoms in total. The fourth-order valence-corrected chi connectivity index (χ4v) is 4.90. The van der Waals surface area contributed by atoms with Crippen molar-refractivity contribution in [1.82, 2.24) is 14.7 Å². The number of hydrogen-bond acceptors (Lipinski definition) is 4. The Kier molecular flexibility index (Phi) is 5.70. The highest BCUT2D eigenvalue weighted by Crippen LogP contribution is 2.35. The zero-order chi connectivity index (χ0) is 18.8. The van der Waals surface area contributed by atoms with Gasteiger partial charge in [0.2, 0.25) is 0 Å². The molecule has 3 heterocycles. The third-order valence-corrected chi connectivity index (χ3v) is 6.66. The van der Waals surface area contributed by atoms with Gasteiger partial charge in [0.15, 0.2) is 0 Å². The minimum atomic E-state index is 0.141. The number of nitrogens with zero attached hydrogens (tertiary/aromatic N) is 4. The molecule has 1 aliphatic heterocycles. The third kappa shape index (κ3) is 3.52. The molecule has 0 aromatic carbocycles. The van der Waals surface area contributed by atoms with Gasteiger partial charge in [0, 0.05) is 44.5 Å². The topological polar surface area (TPSA) is 41.4 Å². The van der Waals surface area contributed by atoms with Crippen molar-refractivity contribution in [2.24, 2.45) is 0 Å². The van der Waals surface area contributed by atoms with Gasteiger partial charge < -0.3 is 9.80 Å². The second-order valence-corrected chi connectivity index (χ2v) is 8.13. The van der Waals surface area contributed by atoms with Gasteiger partial charge in [-0.05, 0) is 58.6 Å². The lowest BCUT2D eigenvalue weighted by Crippen LogP contribution is -2.30. The Morgan fingerprint density at radius 3 is 2.73 bits per heavy atom. The second-order valence-electron chi connectivity index (χ2n) is 7.10. The van der Waals surface area contributed by atoms with Gasteiger partial charge in [-0.3, -0.25) is 9.48 Å². The number of aryl methyl sites for hydroxylation is 3. The Morgan fingerprint density at radius 1 is 1.31 bits per heavy atom. The van der Waals surface area contributed by atoms with Gasteiger partial charge in [-0.2, -0.15) is 5.10 Å². The number of thiophene rings is 1. The molecule has 1 aliphatic rings. The van der Waals surface area contributed by atoms with Gasteiger partial charge in [0.1, 0.15) is 0 Å². The fraction of sp³-hybridized carbons (Fsp3) is 0.600. The molecule has 1 amide bonds.